The van der Waals surface area contributed by atoms with Gasteiger partial charge >= 0.3 is 16.4 Å². The van der Waals surface area contributed by atoms with Crippen molar-refractivity contribution in [2.24, 2.45) is 5.16 Å². The maximum Gasteiger partial charge on any atom is 0.418 e. The number of β-lactam (4-membered cyclic amide) rings is 1. The van der Waals surface area contributed by atoms with E-state index in [9.17, 15) is 43.0 Å². The number of nitrogens with zero attached hydrogens (tertiary/aromatic N) is 4. The summed E-state index contributed by atoms with van der Waals surface area (Å²) in [5.74, 6) is -4.87. The number of hydrogen-bond acceptors (Lipinski definition) is 14. The second-order valence-corrected chi connectivity index (χ2v) is 9.72. The molecule has 0 aliphatic carbocycles. The Bertz CT molecular complexity index is 1460. The monoisotopic (exact) mass is 562 g/mol. The molecule has 2 aromatic heterocycles. The topological polar surface area (TPSA) is 273 Å². The number of pyridine rings is 1. The fourth-order valence-corrected chi connectivity index (χ4v) is 4.08. The number of carboxylic acid groups (broad SMARTS) is 1. The average Bonchev–Trinajstić information content (AvgIpc) is 3.21. The predicted octanol–water partition coefficient (Wildman–Crippen LogP) is -1.78. The molecule has 2 atom stereocenters. The Morgan fingerprint density at radius 2 is 2.00 bits per heavy atom. The molecule has 7 N–H and O–H groups in total. The first-order valence-corrected chi connectivity index (χ1v) is 11.9. The zero-order valence-corrected chi connectivity index (χ0v) is 20.3. The van der Waals surface area contributed by atoms with E-state index in [4.69, 9.17) is 15.1 Å². The Labute approximate surface area is 210 Å². The Balaban J connectivity index is 1.93. The lowest BCUT2D eigenvalue weighted by molar-refractivity contribution is -0.218. The van der Waals surface area contributed by atoms with E-state index in [1.54, 1.807) is 0 Å². The summed E-state index contributed by atoms with van der Waals surface area (Å²) in [6.07, 6.45) is -1.65. The second kappa shape index (κ2) is 9.65. The molecule has 1 fully saturated rings. The summed E-state index contributed by atoms with van der Waals surface area (Å²) in [5, 5.41) is 36.0. The lowest BCUT2D eigenvalue weighted by atomic mass is 9.84. The van der Waals surface area contributed by atoms with Crippen LogP contribution in [0.5, 0.6) is 5.75 Å². The van der Waals surface area contributed by atoms with Crippen LogP contribution in [0.25, 0.3) is 0 Å². The molecule has 3 rings (SSSR count). The van der Waals surface area contributed by atoms with Crippen LogP contribution in [0.4, 0.5) is 5.13 Å². The lowest BCUT2D eigenvalue weighted by Crippen LogP contribution is -2.76. The molecule has 0 bridgehead atoms. The number of carbonyl (C=O) groups excluding carboxylic acids is 2. The first kappa shape index (κ1) is 27.3. The van der Waals surface area contributed by atoms with E-state index in [-0.39, 0.29) is 15.6 Å². The van der Waals surface area contributed by atoms with Crippen molar-refractivity contribution in [2.45, 2.75) is 31.5 Å². The first-order valence-electron chi connectivity index (χ1n) is 9.67. The smallest absolute Gasteiger partial charge is 0.418 e. The maximum absolute atomic E-state index is 13.0. The van der Waals surface area contributed by atoms with Crippen molar-refractivity contribution < 1.29 is 51.9 Å². The van der Waals surface area contributed by atoms with Crippen molar-refractivity contribution in [3.8, 4) is 5.75 Å². The maximum atomic E-state index is 13.0. The molecule has 0 saturated carbocycles. The molecule has 1 saturated heterocycles. The van der Waals surface area contributed by atoms with Crippen LogP contribution in [-0.2, 0) is 33.9 Å². The van der Waals surface area contributed by atoms with E-state index < -0.39 is 68.5 Å². The van der Waals surface area contributed by atoms with E-state index in [2.05, 4.69) is 19.7 Å². The number of rotatable bonds is 9. The van der Waals surface area contributed by atoms with Crippen molar-refractivity contribution in [3.05, 3.63) is 39.3 Å². The fourth-order valence-electron chi connectivity index (χ4n) is 3.08. The van der Waals surface area contributed by atoms with Crippen LogP contribution >= 0.6 is 11.3 Å². The van der Waals surface area contributed by atoms with Crippen LogP contribution in [-0.4, -0.2) is 78.2 Å². The molecular formula is C17H18N6O12S2. The third kappa shape index (κ3) is 5.61. The van der Waals surface area contributed by atoms with Gasteiger partial charge in [0.25, 0.3) is 17.9 Å². The van der Waals surface area contributed by atoms with Crippen LogP contribution in [0, 0.1) is 0 Å². The van der Waals surface area contributed by atoms with Crippen LogP contribution in [0.2, 0.25) is 0 Å². The minimum Gasteiger partial charge on any atom is -0.503 e. The van der Waals surface area contributed by atoms with E-state index in [0.717, 1.165) is 11.3 Å². The van der Waals surface area contributed by atoms with Crippen molar-refractivity contribution in [1.29, 1.82) is 0 Å². The largest absolute Gasteiger partial charge is 0.503 e. The number of nitrogens with two attached hydrogens (primary N) is 1. The predicted molar refractivity (Wildman–Crippen MR) is 120 cm³/mol. The van der Waals surface area contributed by atoms with E-state index >= 15 is 0 Å². The number of aromatic hydroxyl groups is 1. The zero-order chi connectivity index (χ0) is 27.9. The Kier molecular flexibility index (Phi) is 7.12. The molecule has 1 aliphatic heterocycles. The summed E-state index contributed by atoms with van der Waals surface area (Å²) in [7, 11) is -5.05. The van der Waals surface area contributed by atoms with Crippen LogP contribution < -0.4 is 16.5 Å². The summed E-state index contributed by atoms with van der Waals surface area (Å²) in [6, 6.07) is -0.846. The molecule has 2 aromatic rings. The molecule has 1 aliphatic rings. The second-order valence-electron chi connectivity index (χ2n) is 7.82. The number of oxime groups is 1. The summed E-state index contributed by atoms with van der Waals surface area (Å²) >= 11 is 0.870. The highest BCUT2D eigenvalue weighted by Gasteiger charge is 2.58. The minimum absolute atomic E-state index is 0.0270. The van der Waals surface area contributed by atoms with Gasteiger partial charge < -0.3 is 31.3 Å². The number of hydroxylamine groups is 2. The average molecular weight is 562 g/mol. The quantitative estimate of drug-likeness (QED) is 0.0648. The molecule has 1 unspecified atom stereocenters. The van der Waals surface area contributed by atoms with E-state index in [0.29, 0.717) is 17.3 Å². The highest BCUT2D eigenvalue weighted by molar-refractivity contribution is 7.80. The van der Waals surface area contributed by atoms with E-state index in [1.807, 2.05) is 0 Å². The summed E-state index contributed by atoms with van der Waals surface area (Å²) in [6.45, 7) is 2.59. The summed E-state index contributed by atoms with van der Waals surface area (Å²) in [4.78, 5) is 57.6. The van der Waals surface area contributed by atoms with Gasteiger partial charge in [-0.3, -0.25) is 18.9 Å². The van der Waals surface area contributed by atoms with Gasteiger partial charge in [-0.05, 0) is 13.8 Å². The number of aromatic nitrogens is 2. The molecule has 3 heterocycles. The third-order valence-corrected chi connectivity index (χ3v) is 5.90. The number of carbonyl (C=O) groups is 3. The molecule has 200 valence electrons. The van der Waals surface area contributed by atoms with Gasteiger partial charge in [0, 0.05) is 11.4 Å². The number of carboxylic acids is 1. The molecule has 0 radical (unpaired) electrons. The Morgan fingerprint density at radius 3 is 2.51 bits per heavy atom. The van der Waals surface area contributed by atoms with Crippen molar-refractivity contribution in [2.75, 3.05) is 5.73 Å². The number of aliphatic carboxylic acids is 1. The zero-order valence-electron chi connectivity index (χ0n) is 18.6. The Hall–Kier alpha value is -4.27. The normalized spacial score (nSPS) is 18.1. The van der Waals surface area contributed by atoms with Crippen LogP contribution in [0.3, 0.4) is 0 Å². The lowest BCUT2D eigenvalue weighted by Gasteiger charge is -2.50. The number of amides is 2. The van der Waals surface area contributed by atoms with Gasteiger partial charge in [0.2, 0.25) is 5.43 Å². The van der Waals surface area contributed by atoms with Crippen molar-refractivity contribution in [1.82, 2.24) is 20.1 Å². The standard InChI is InChI=1S/C17H18N6O12S2/c1-17(2)12(14(27)23(17)35-37(31,32)33)20-13(26)10(6-5-36-16(18)19-6)21-34-11(15(28)29)7-3-8(24)9(25)4-22(7)30/h3-5,11-12,25,30H,1-2H3,(H2,18,19)(H,20,26)(H,28,29)(H,31,32,33)/b21-10-/t11?,12-/m1/s1. The third-order valence-electron chi connectivity index (χ3n) is 4.88. The summed E-state index contributed by atoms with van der Waals surface area (Å²) < 4.78 is 35.1. The van der Waals surface area contributed by atoms with Crippen LogP contribution in [0.1, 0.15) is 31.3 Å². The molecule has 37 heavy (non-hydrogen) atoms. The minimum atomic E-state index is -5.05. The highest BCUT2D eigenvalue weighted by atomic mass is 32.3. The number of thiazole rings is 1. The van der Waals surface area contributed by atoms with Gasteiger partial charge in [-0.15, -0.1) is 15.6 Å². The highest BCUT2D eigenvalue weighted by Crippen LogP contribution is 2.33. The van der Waals surface area contributed by atoms with Crippen LogP contribution in [0.15, 0.2) is 27.6 Å². The number of hydrogen-bond donors (Lipinski definition) is 6. The van der Waals surface area contributed by atoms with Crippen molar-refractivity contribution in [3.63, 3.8) is 0 Å². The fraction of sp³-hybridized carbons (Fsp3) is 0.294. The molecule has 18 nitrogen and oxygen atoms in total. The first-order chi connectivity index (χ1) is 17.0. The molecule has 0 aromatic carbocycles. The Morgan fingerprint density at radius 1 is 1.35 bits per heavy atom. The van der Waals surface area contributed by atoms with Gasteiger partial charge in [0.1, 0.15) is 17.4 Å². The van der Waals surface area contributed by atoms with Gasteiger partial charge in [-0.2, -0.15) is 18.2 Å². The van der Waals surface area contributed by atoms with Gasteiger partial charge in [-0.1, -0.05) is 5.16 Å². The van der Waals surface area contributed by atoms with Gasteiger partial charge in [-0.25, -0.2) is 9.78 Å². The number of anilines is 1. The molecule has 2 amide bonds. The number of nitrogen functional groups attached to an aromatic ring is 1. The number of nitrogens with one attached hydrogen (secondary N) is 1. The van der Waals surface area contributed by atoms with Crippen molar-refractivity contribution >= 4 is 50.4 Å². The summed E-state index contributed by atoms with van der Waals surface area (Å²) in [5.41, 5.74) is 1.46. The van der Waals surface area contributed by atoms with Gasteiger partial charge in [0.15, 0.2) is 16.6 Å². The molecule has 0 spiro atoms. The van der Waals surface area contributed by atoms with E-state index in [1.165, 1.54) is 19.2 Å². The molecular weight excluding hydrogens is 544 g/mol. The van der Waals surface area contributed by atoms with Gasteiger partial charge in [0.05, 0.1) is 11.7 Å². The molecule has 20 heteroatoms. The SMILES string of the molecule is CC1(C)[C@H](NC(=O)/C(=N\OC(C(=O)O)c2cc(=O)c(O)cn2O)c2csc(N)n2)C(=O)N1OS(=O)(=O)O.